The van der Waals surface area contributed by atoms with Gasteiger partial charge in [-0.3, -0.25) is 0 Å². The number of rotatable bonds is 11. The van der Waals surface area contributed by atoms with Crippen molar-refractivity contribution < 1.29 is 28.1 Å². The number of aryl methyl sites for hydroxylation is 2. The number of ether oxygens (including phenoxy) is 5. The second kappa shape index (κ2) is 67.6. The van der Waals surface area contributed by atoms with Crippen molar-refractivity contribution in [2.45, 2.75) is 105 Å². The van der Waals surface area contributed by atoms with E-state index in [9.17, 15) is 4.39 Å². The molecular formula is C113H127BrClFO5. The van der Waals surface area contributed by atoms with E-state index < -0.39 is 0 Å². The van der Waals surface area contributed by atoms with Crippen molar-refractivity contribution >= 4 is 49.1 Å². The SMILES string of the molecule is Brc1ccccc1.CC(C)(C)c1ccccc1.CC(C)c1ccccc1.CC(C)c1ccccc1.CCCCc1ccccc1.CCc1ccccc1.COc1cccc(OC)c1.COc1cccc2ccccc12.COc1ccccc1.COc1ccccc1.Clc1ccccc1.Fc1ccccc1.c1ccc2ccccc2c1.c1ccccc1. The lowest BCUT2D eigenvalue weighted by Gasteiger charge is -2.18. The molecule has 0 aromatic heterocycles. The first kappa shape index (κ1) is 103. The topological polar surface area (TPSA) is 46.2 Å². The molecule has 16 aromatic carbocycles. The van der Waals surface area contributed by atoms with E-state index in [0.717, 1.165) is 44.7 Å². The summed E-state index contributed by atoms with van der Waals surface area (Å²) in [5.41, 5.74) is 7.39. The minimum absolute atomic E-state index is 0.178. The molecule has 0 radical (unpaired) electrons. The lowest BCUT2D eigenvalue weighted by atomic mass is 9.87. The Hall–Kier alpha value is -12.3. The van der Waals surface area contributed by atoms with Crippen molar-refractivity contribution in [1.82, 2.24) is 0 Å². The minimum Gasteiger partial charge on any atom is -0.497 e. The van der Waals surface area contributed by atoms with Crippen LogP contribution in [0, 0.1) is 5.82 Å². The number of para-hydroxylation sites is 2. The summed E-state index contributed by atoms with van der Waals surface area (Å²) < 4.78 is 38.1. The Morgan fingerprint density at radius 1 is 0.306 bits per heavy atom. The molecule has 0 N–H and O–H groups in total. The average Bonchev–Trinajstić information content (AvgIpc) is 0.835. The zero-order valence-corrected chi connectivity index (χ0v) is 75.8. The van der Waals surface area contributed by atoms with Crippen molar-refractivity contribution in [3.63, 3.8) is 0 Å². The third-order valence-corrected chi connectivity index (χ3v) is 18.0. The van der Waals surface area contributed by atoms with Crippen LogP contribution in [0.15, 0.2) is 459 Å². The molecule has 5 nitrogen and oxygen atoms in total. The van der Waals surface area contributed by atoms with E-state index in [2.05, 4.69) is 278 Å². The summed E-state index contributed by atoms with van der Waals surface area (Å²) in [6, 6.07) is 150. The van der Waals surface area contributed by atoms with E-state index in [1.165, 1.54) is 80.8 Å². The second-order valence-corrected chi connectivity index (χ2v) is 29.5. The molecule has 0 spiro atoms. The lowest BCUT2D eigenvalue weighted by molar-refractivity contribution is 0.394. The van der Waals surface area contributed by atoms with Crippen molar-refractivity contribution in [1.29, 1.82) is 0 Å². The standard InChI is InChI=1S/C11H10O.C10H8.2C10H14.2C9H12.C8H10O2.C8H10.2C7H8O.C6H5Br.C6H5Cl.C6H5F.C6H6/c1-12-11-8-4-6-9-5-2-3-7-10(9)11;1-2-6-10-8-4-3-7-9(10)5-1;1-10(2,3)9-7-5-4-6-8-9;1-2-3-7-10-8-5-4-6-9-10;2*1-8(2)9-6-4-3-5-7-9;1-9-7-4-3-5-8(6-7)10-2;1-2-8-6-4-3-5-7-8;2*1-8-7-5-3-2-4-6-7;3*7-6-4-2-1-3-5-6;1-2-4-6-5-3-1/h2-8H,1H3;1-8H;4-8H,1-3H3;4-6,8-9H,2-3,7H2,1H3;2*3-8H,1-2H3;3-6H,1-2H3;3-7H,2H2,1H3;2*2-6H,1H3;3*1-5H;1-6H. The first-order chi connectivity index (χ1) is 58.9. The highest BCUT2D eigenvalue weighted by molar-refractivity contribution is 9.10. The molecule has 16 rings (SSSR count). The zero-order chi connectivity index (χ0) is 87.9. The van der Waals surface area contributed by atoms with Crippen LogP contribution in [0.4, 0.5) is 4.39 Å². The van der Waals surface area contributed by atoms with Gasteiger partial charge in [-0.1, -0.05) is 466 Å². The molecule has 0 aliphatic heterocycles. The number of methoxy groups -OCH3 is 5. The molecule has 0 saturated heterocycles. The van der Waals surface area contributed by atoms with Gasteiger partial charge >= 0.3 is 0 Å². The summed E-state index contributed by atoms with van der Waals surface area (Å²) in [4.78, 5) is 0. The van der Waals surface area contributed by atoms with Crippen LogP contribution in [-0.4, -0.2) is 35.5 Å². The summed E-state index contributed by atoms with van der Waals surface area (Å²) >= 11 is 8.85. The smallest absolute Gasteiger partial charge is 0.126 e. The number of hydrogen-bond donors (Lipinski definition) is 0. The van der Waals surface area contributed by atoms with Gasteiger partial charge in [0.2, 0.25) is 0 Å². The third-order valence-electron chi connectivity index (χ3n) is 17.2. The fourth-order valence-corrected chi connectivity index (χ4v) is 10.8. The van der Waals surface area contributed by atoms with E-state index in [0.29, 0.717) is 17.3 Å². The maximum Gasteiger partial charge on any atom is 0.126 e. The van der Waals surface area contributed by atoms with Gasteiger partial charge in [0.1, 0.15) is 34.6 Å². The minimum atomic E-state index is -0.178. The second-order valence-electron chi connectivity index (χ2n) is 28.2. The largest absolute Gasteiger partial charge is 0.497 e. The van der Waals surface area contributed by atoms with Crippen LogP contribution < -0.4 is 23.7 Å². The monoisotopic (exact) mass is 1700 g/mol. The van der Waals surface area contributed by atoms with Crippen LogP contribution in [0.3, 0.4) is 0 Å². The summed E-state index contributed by atoms with van der Waals surface area (Å²) in [5, 5.41) is 5.80. The molecule has 0 aliphatic carbocycles. The summed E-state index contributed by atoms with van der Waals surface area (Å²) in [6.45, 7) is 19.9. The maximum absolute atomic E-state index is 11.9. The molecule has 0 bridgehead atoms. The Labute approximate surface area is 739 Å². The quantitative estimate of drug-likeness (QED) is 0.129. The predicted molar refractivity (Wildman–Crippen MR) is 525 cm³/mol. The Kier molecular flexibility index (Phi) is 57.5. The zero-order valence-electron chi connectivity index (χ0n) is 73.5. The molecule has 121 heavy (non-hydrogen) atoms. The van der Waals surface area contributed by atoms with Gasteiger partial charge in [0.05, 0.1) is 35.5 Å². The van der Waals surface area contributed by atoms with Crippen molar-refractivity contribution in [2.24, 2.45) is 0 Å². The Balaban J connectivity index is 0.000000338. The van der Waals surface area contributed by atoms with E-state index in [1.54, 1.807) is 53.7 Å². The fourth-order valence-electron chi connectivity index (χ4n) is 10.3. The highest BCUT2D eigenvalue weighted by Gasteiger charge is 2.11. The first-order valence-corrected chi connectivity index (χ1v) is 42.2. The number of fused-ring (bicyclic) bond motifs is 2. The molecule has 0 atom stereocenters. The van der Waals surface area contributed by atoms with Gasteiger partial charge in [-0.05, 0) is 159 Å². The third kappa shape index (κ3) is 51.6. The van der Waals surface area contributed by atoms with Crippen LogP contribution >= 0.6 is 27.5 Å². The molecule has 8 heteroatoms. The molecule has 16 aromatic rings. The number of unbranched alkanes of at least 4 members (excludes halogenated alkanes) is 1. The van der Waals surface area contributed by atoms with Crippen LogP contribution in [0.1, 0.15) is 115 Å². The Morgan fingerprint density at radius 2 is 0.595 bits per heavy atom. The van der Waals surface area contributed by atoms with Crippen LogP contribution in [0.5, 0.6) is 28.7 Å². The Bertz CT molecular complexity index is 4640. The number of benzene rings is 16. The maximum atomic E-state index is 11.9. The number of halogens is 3. The molecule has 0 saturated carbocycles. The van der Waals surface area contributed by atoms with Gasteiger partial charge in [0.25, 0.3) is 0 Å². The van der Waals surface area contributed by atoms with E-state index in [1.807, 2.05) is 224 Å². The van der Waals surface area contributed by atoms with Crippen LogP contribution in [0.25, 0.3) is 21.5 Å². The number of hydrogen-bond acceptors (Lipinski definition) is 5. The van der Waals surface area contributed by atoms with Gasteiger partial charge in [-0.25, -0.2) is 4.39 Å². The highest BCUT2D eigenvalue weighted by Crippen LogP contribution is 2.25. The van der Waals surface area contributed by atoms with E-state index >= 15 is 0 Å². The molecule has 630 valence electrons. The predicted octanol–water partition coefficient (Wildman–Crippen LogP) is 33.0. The van der Waals surface area contributed by atoms with Gasteiger partial charge in [-0.2, -0.15) is 0 Å². The van der Waals surface area contributed by atoms with Crippen LogP contribution in [0.2, 0.25) is 5.02 Å². The van der Waals surface area contributed by atoms with Gasteiger partial charge < -0.3 is 23.7 Å². The lowest BCUT2D eigenvalue weighted by Crippen LogP contribution is -2.10. The molecule has 0 aliphatic rings. The average molecular weight is 1700 g/mol. The highest BCUT2D eigenvalue weighted by atomic mass is 79.9. The molecule has 0 unspecified atom stereocenters. The summed E-state index contributed by atoms with van der Waals surface area (Å²) in [6.07, 6.45) is 4.97. The van der Waals surface area contributed by atoms with E-state index in [-0.39, 0.29) is 5.82 Å². The van der Waals surface area contributed by atoms with Gasteiger partial charge in [-0.15, -0.1) is 0 Å². The Morgan fingerprint density at radius 3 is 0.868 bits per heavy atom. The first-order valence-electron chi connectivity index (χ1n) is 41.0. The molecular weight excluding hydrogens is 1570 g/mol. The summed E-state index contributed by atoms with van der Waals surface area (Å²) in [7, 11) is 8.29. The normalized spacial score (nSPS) is 9.48. The van der Waals surface area contributed by atoms with E-state index in [4.69, 9.17) is 35.3 Å². The molecule has 0 heterocycles. The molecule has 0 amide bonds. The fraction of sp³-hybridized carbons (Fsp3) is 0.186. The van der Waals surface area contributed by atoms with Crippen molar-refractivity contribution in [3.8, 4) is 28.7 Å². The molecule has 0 fully saturated rings. The summed E-state index contributed by atoms with van der Waals surface area (Å²) in [5.74, 6) is 5.53. The van der Waals surface area contributed by atoms with Gasteiger partial charge in [0.15, 0.2) is 0 Å². The van der Waals surface area contributed by atoms with Crippen LogP contribution in [-0.2, 0) is 18.3 Å². The van der Waals surface area contributed by atoms with Gasteiger partial charge in [0, 0.05) is 20.9 Å². The van der Waals surface area contributed by atoms with Crippen molar-refractivity contribution in [3.05, 3.63) is 498 Å². The van der Waals surface area contributed by atoms with Crippen molar-refractivity contribution in [2.75, 3.05) is 35.5 Å².